The number of tetrazole rings is 1. The predicted molar refractivity (Wildman–Crippen MR) is 73.4 cm³/mol. The first-order chi connectivity index (χ1) is 9.56. The largest absolute Gasteiger partial charge is 0.481 e. The van der Waals surface area contributed by atoms with Crippen LogP contribution in [-0.4, -0.2) is 31.3 Å². The average Bonchev–Trinajstić information content (AvgIpc) is 2.81. The third kappa shape index (κ3) is 3.63. The van der Waals surface area contributed by atoms with E-state index in [0.29, 0.717) is 19.4 Å². The van der Waals surface area contributed by atoms with E-state index in [1.54, 1.807) is 4.68 Å². The summed E-state index contributed by atoms with van der Waals surface area (Å²) in [4.78, 5) is 10.5. The SMILES string of the molecule is Cc1ccc(C)c(Cc2nnnn2CCCC(=O)O)c1. The summed E-state index contributed by atoms with van der Waals surface area (Å²) in [5, 5.41) is 20.3. The van der Waals surface area contributed by atoms with Gasteiger partial charge in [-0.3, -0.25) is 4.79 Å². The van der Waals surface area contributed by atoms with Crippen LogP contribution in [0.1, 0.15) is 35.4 Å². The van der Waals surface area contributed by atoms with Crippen molar-refractivity contribution in [3.05, 3.63) is 40.7 Å². The third-order valence-electron chi connectivity index (χ3n) is 3.22. The van der Waals surface area contributed by atoms with Crippen molar-refractivity contribution in [3.8, 4) is 0 Å². The van der Waals surface area contributed by atoms with E-state index in [9.17, 15) is 4.79 Å². The number of hydrogen-bond donors (Lipinski definition) is 1. The number of carboxylic acid groups (broad SMARTS) is 1. The van der Waals surface area contributed by atoms with E-state index >= 15 is 0 Å². The number of hydrogen-bond acceptors (Lipinski definition) is 4. The molecule has 0 saturated heterocycles. The summed E-state index contributed by atoms with van der Waals surface area (Å²) >= 11 is 0. The first-order valence-corrected chi connectivity index (χ1v) is 6.59. The van der Waals surface area contributed by atoms with Crippen LogP contribution in [-0.2, 0) is 17.8 Å². The van der Waals surface area contributed by atoms with Crippen LogP contribution in [0.3, 0.4) is 0 Å². The number of aryl methyl sites for hydroxylation is 3. The molecule has 2 rings (SSSR count). The lowest BCUT2D eigenvalue weighted by Gasteiger charge is -2.07. The Morgan fingerprint density at radius 1 is 1.35 bits per heavy atom. The highest BCUT2D eigenvalue weighted by Crippen LogP contribution is 2.14. The number of carboxylic acids is 1. The lowest BCUT2D eigenvalue weighted by atomic mass is 10.0. The molecule has 0 atom stereocenters. The number of rotatable bonds is 6. The fourth-order valence-corrected chi connectivity index (χ4v) is 2.06. The highest BCUT2D eigenvalue weighted by atomic mass is 16.4. The highest BCUT2D eigenvalue weighted by molar-refractivity contribution is 5.66. The average molecular weight is 274 g/mol. The molecule has 0 aliphatic rings. The topological polar surface area (TPSA) is 80.9 Å². The van der Waals surface area contributed by atoms with Crippen molar-refractivity contribution in [2.24, 2.45) is 0 Å². The highest BCUT2D eigenvalue weighted by Gasteiger charge is 2.09. The van der Waals surface area contributed by atoms with Crippen molar-refractivity contribution in [2.75, 3.05) is 0 Å². The fourth-order valence-electron chi connectivity index (χ4n) is 2.06. The van der Waals surface area contributed by atoms with Gasteiger partial charge in [-0.05, 0) is 41.8 Å². The van der Waals surface area contributed by atoms with E-state index in [1.165, 1.54) is 16.7 Å². The zero-order chi connectivity index (χ0) is 14.5. The van der Waals surface area contributed by atoms with Gasteiger partial charge < -0.3 is 5.11 Å². The molecule has 1 aromatic heterocycles. The minimum absolute atomic E-state index is 0.128. The van der Waals surface area contributed by atoms with Gasteiger partial charge in [0.2, 0.25) is 0 Å². The van der Waals surface area contributed by atoms with Crippen LogP contribution in [0.5, 0.6) is 0 Å². The Kier molecular flexibility index (Phi) is 4.45. The Hall–Kier alpha value is -2.24. The lowest BCUT2D eigenvalue weighted by Crippen LogP contribution is -2.09. The Morgan fingerprint density at radius 2 is 2.15 bits per heavy atom. The van der Waals surface area contributed by atoms with Gasteiger partial charge in [0, 0.05) is 19.4 Å². The van der Waals surface area contributed by atoms with Crippen LogP contribution in [0.15, 0.2) is 18.2 Å². The predicted octanol–water partition coefficient (Wildman–Crippen LogP) is 1.75. The van der Waals surface area contributed by atoms with Crippen LogP contribution < -0.4 is 0 Å². The summed E-state index contributed by atoms with van der Waals surface area (Å²) in [7, 11) is 0. The summed E-state index contributed by atoms with van der Waals surface area (Å²) in [6.45, 7) is 4.64. The summed E-state index contributed by atoms with van der Waals surface area (Å²) < 4.78 is 1.69. The number of nitrogens with zero attached hydrogens (tertiary/aromatic N) is 4. The Bertz CT molecular complexity index is 607. The second-order valence-electron chi connectivity index (χ2n) is 4.92. The van der Waals surface area contributed by atoms with Gasteiger partial charge in [0.1, 0.15) is 0 Å². The molecule has 0 aliphatic carbocycles. The van der Waals surface area contributed by atoms with Crippen molar-refractivity contribution < 1.29 is 9.90 Å². The fraction of sp³-hybridized carbons (Fsp3) is 0.429. The summed E-state index contributed by atoms with van der Waals surface area (Å²) in [6.07, 6.45) is 1.32. The maximum atomic E-state index is 10.5. The van der Waals surface area contributed by atoms with Crippen molar-refractivity contribution in [1.82, 2.24) is 20.2 Å². The maximum Gasteiger partial charge on any atom is 0.303 e. The van der Waals surface area contributed by atoms with Gasteiger partial charge in [0.15, 0.2) is 5.82 Å². The van der Waals surface area contributed by atoms with Crippen LogP contribution >= 0.6 is 0 Å². The first-order valence-electron chi connectivity index (χ1n) is 6.59. The number of aliphatic carboxylic acids is 1. The molecule has 0 amide bonds. The molecule has 1 heterocycles. The summed E-state index contributed by atoms with van der Waals surface area (Å²) in [5.41, 5.74) is 3.60. The van der Waals surface area contributed by atoms with Crippen LogP contribution in [0.4, 0.5) is 0 Å². The molecule has 6 heteroatoms. The second-order valence-corrected chi connectivity index (χ2v) is 4.92. The van der Waals surface area contributed by atoms with Crippen LogP contribution in [0, 0.1) is 13.8 Å². The summed E-state index contributed by atoms with van der Waals surface area (Å²) in [5.74, 6) is -0.0294. The van der Waals surface area contributed by atoms with Gasteiger partial charge >= 0.3 is 5.97 Å². The number of benzene rings is 1. The Balaban J connectivity index is 2.08. The molecule has 1 N–H and O–H groups in total. The molecule has 106 valence electrons. The molecule has 0 unspecified atom stereocenters. The normalized spacial score (nSPS) is 10.7. The van der Waals surface area contributed by atoms with Crippen molar-refractivity contribution in [3.63, 3.8) is 0 Å². The van der Waals surface area contributed by atoms with Gasteiger partial charge in [0.05, 0.1) is 0 Å². The third-order valence-corrected chi connectivity index (χ3v) is 3.22. The summed E-state index contributed by atoms with van der Waals surface area (Å²) in [6, 6.07) is 6.30. The number of aromatic nitrogens is 4. The molecule has 6 nitrogen and oxygen atoms in total. The van der Waals surface area contributed by atoms with Gasteiger partial charge in [-0.15, -0.1) is 5.10 Å². The molecule has 2 aromatic rings. The van der Waals surface area contributed by atoms with Crippen molar-refractivity contribution in [2.45, 2.75) is 39.7 Å². The van der Waals surface area contributed by atoms with Gasteiger partial charge in [-0.1, -0.05) is 23.8 Å². The van der Waals surface area contributed by atoms with Crippen molar-refractivity contribution >= 4 is 5.97 Å². The monoisotopic (exact) mass is 274 g/mol. The van der Waals surface area contributed by atoms with E-state index in [2.05, 4.69) is 47.6 Å². The van der Waals surface area contributed by atoms with E-state index < -0.39 is 5.97 Å². The molecule has 0 fully saturated rings. The zero-order valence-corrected chi connectivity index (χ0v) is 11.7. The van der Waals surface area contributed by atoms with Crippen LogP contribution in [0.25, 0.3) is 0 Å². The molecule has 0 aliphatic heterocycles. The molecule has 0 radical (unpaired) electrons. The molecule has 0 spiro atoms. The Morgan fingerprint density at radius 3 is 2.90 bits per heavy atom. The first kappa shape index (κ1) is 14.2. The molecule has 0 saturated carbocycles. The van der Waals surface area contributed by atoms with Crippen LogP contribution in [0.2, 0.25) is 0 Å². The smallest absolute Gasteiger partial charge is 0.303 e. The van der Waals surface area contributed by atoms with Crippen molar-refractivity contribution in [1.29, 1.82) is 0 Å². The molecule has 20 heavy (non-hydrogen) atoms. The molecule has 0 bridgehead atoms. The quantitative estimate of drug-likeness (QED) is 0.867. The van der Waals surface area contributed by atoms with Gasteiger partial charge in [-0.2, -0.15) is 0 Å². The van der Waals surface area contributed by atoms with Gasteiger partial charge in [0.25, 0.3) is 0 Å². The standard InChI is InChI=1S/C14H18N4O2/c1-10-5-6-11(2)12(8-10)9-13-15-16-17-18(13)7-3-4-14(19)20/h5-6,8H,3-4,7,9H2,1-2H3,(H,19,20). The molecular formula is C14H18N4O2. The van der Waals surface area contributed by atoms with Gasteiger partial charge in [-0.25, -0.2) is 4.68 Å². The second kappa shape index (κ2) is 6.27. The number of carbonyl (C=O) groups is 1. The maximum absolute atomic E-state index is 10.5. The lowest BCUT2D eigenvalue weighted by molar-refractivity contribution is -0.137. The van der Waals surface area contributed by atoms with E-state index in [0.717, 1.165) is 5.82 Å². The van der Waals surface area contributed by atoms with E-state index in [-0.39, 0.29) is 6.42 Å². The molecule has 1 aromatic carbocycles. The van der Waals surface area contributed by atoms with E-state index in [1.807, 2.05) is 0 Å². The zero-order valence-electron chi connectivity index (χ0n) is 11.7. The van der Waals surface area contributed by atoms with E-state index in [4.69, 9.17) is 5.11 Å². The molecular weight excluding hydrogens is 256 g/mol. The minimum Gasteiger partial charge on any atom is -0.481 e. The minimum atomic E-state index is -0.797. The Labute approximate surface area is 117 Å².